The average Bonchev–Trinajstić information content (AvgIpc) is 2.80. The number of rotatable bonds is 8. The standard InChI is InChI=1S/C16H21NO5S/c1-11-16(2,9-5-4-6-15(18)20-3)13-10-12(23-22-21-19)7-8-14(13)17-11/h7-8,10,19H,4-6,9H2,1-3H3. The molecule has 126 valence electrons. The van der Waals surface area contributed by atoms with Crippen LogP contribution in [0.25, 0.3) is 0 Å². The van der Waals surface area contributed by atoms with Crippen molar-refractivity contribution in [1.29, 1.82) is 0 Å². The van der Waals surface area contributed by atoms with E-state index in [-0.39, 0.29) is 11.4 Å². The average molecular weight is 339 g/mol. The first-order chi connectivity index (χ1) is 11.0. The molecule has 1 atom stereocenters. The first kappa shape index (κ1) is 17.9. The van der Waals surface area contributed by atoms with Crippen LogP contribution < -0.4 is 0 Å². The van der Waals surface area contributed by atoms with Crippen molar-refractivity contribution in [3.63, 3.8) is 0 Å². The minimum absolute atomic E-state index is 0.165. The van der Waals surface area contributed by atoms with Crippen molar-refractivity contribution in [3.8, 4) is 0 Å². The third-order valence-electron chi connectivity index (χ3n) is 4.35. The maximum atomic E-state index is 11.2. The topological polar surface area (TPSA) is 77.4 Å². The number of hydrogen-bond donors (Lipinski definition) is 1. The van der Waals surface area contributed by atoms with Gasteiger partial charge in [0.2, 0.25) is 0 Å². The maximum Gasteiger partial charge on any atom is 0.305 e. The van der Waals surface area contributed by atoms with E-state index in [1.54, 1.807) is 0 Å². The van der Waals surface area contributed by atoms with Gasteiger partial charge in [0.15, 0.2) is 0 Å². The summed E-state index contributed by atoms with van der Waals surface area (Å²) in [5.41, 5.74) is 2.97. The number of hydrogen-bond acceptors (Lipinski definition) is 7. The highest BCUT2D eigenvalue weighted by molar-refractivity contribution is 7.94. The van der Waals surface area contributed by atoms with Crippen molar-refractivity contribution in [2.45, 2.75) is 49.8 Å². The molecule has 23 heavy (non-hydrogen) atoms. The lowest BCUT2D eigenvalue weighted by molar-refractivity contribution is -0.432. The summed E-state index contributed by atoms with van der Waals surface area (Å²) in [5, 5.41) is 11.9. The van der Waals surface area contributed by atoms with Crippen LogP contribution in [0.15, 0.2) is 28.1 Å². The van der Waals surface area contributed by atoms with E-state index in [1.165, 1.54) is 7.11 Å². The van der Waals surface area contributed by atoms with Crippen LogP contribution in [0.5, 0.6) is 0 Å². The lowest BCUT2D eigenvalue weighted by Gasteiger charge is -2.26. The van der Waals surface area contributed by atoms with Gasteiger partial charge in [0.25, 0.3) is 0 Å². The zero-order valence-corrected chi connectivity index (χ0v) is 14.3. The molecule has 1 heterocycles. The van der Waals surface area contributed by atoms with E-state index < -0.39 is 0 Å². The number of ether oxygens (including phenoxy) is 1. The molecule has 0 amide bonds. The number of esters is 1. The van der Waals surface area contributed by atoms with Crippen LogP contribution in [0.1, 0.15) is 45.1 Å². The molecule has 0 fully saturated rings. The van der Waals surface area contributed by atoms with Crippen LogP contribution in [-0.4, -0.2) is 24.0 Å². The predicted molar refractivity (Wildman–Crippen MR) is 87.7 cm³/mol. The molecule has 0 saturated heterocycles. The number of methoxy groups -OCH3 is 1. The number of aliphatic imine (C=N–C) groups is 1. The van der Waals surface area contributed by atoms with Gasteiger partial charge in [-0.15, -0.1) is 4.33 Å². The molecule has 2 rings (SSSR count). The van der Waals surface area contributed by atoms with E-state index >= 15 is 0 Å². The van der Waals surface area contributed by atoms with Gasteiger partial charge in [-0.3, -0.25) is 9.79 Å². The Morgan fingerprint density at radius 3 is 2.87 bits per heavy atom. The Morgan fingerprint density at radius 2 is 2.17 bits per heavy atom. The van der Waals surface area contributed by atoms with Gasteiger partial charge in [-0.1, -0.05) is 18.4 Å². The third kappa shape index (κ3) is 4.11. The second-order valence-electron chi connectivity index (χ2n) is 5.72. The number of nitrogens with zero attached hydrogens (tertiary/aromatic N) is 1. The van der Waals surface area contributed by atoms with Crippen LogP contribution in [0.2, 0.25) is 0 Å². The molecule has 1 aliphatic heterocycles. The Morgan fingerprint density at radius 1 is 1.39 bits per heavy atom. The summed E-state index contributed by atoms with van der Waals surface area (Å²) in [5.74, 6) is -0.174. The monoisotopic (exact) mass is 339 g/mol. The van der Waals surface area contributed by atoms with Crippen LogP contribution in [0.4, 0.5) is 5.69 Å². The Kier molecular flexibility index (Phi) is 6.17. The largest absolute Gasteiger partial charge is 0.469 e. The molecule has 1 aliphatic rings. The van der Waals surface area contributed by atoms with Gasteiger partial charge >= 0.3 is 5.97 Å². The van der Waals surface area contributed by atoms with Gasteiger partial charge in [-0.05, 0) is 43.5 Å². The zero-order valence-electron chi connectivity index (χ0n) is 13.5. The molecule has 7 heteroatoms. The van der Waals surface area contributed by atoms with E-state index in [1.807, 2.05) is 25.1 Å². The summed E-state index contributed by atoms with van der Waals surface area (Å²) in [6, 6.07) is 5.79. The van der Waals surface area contributed by atoms with Crippen molar-refractivity contribution in [2.75, 3.05) is 7.11 Å². The predicted octanol–water partition coefficient (Wildman–Crippen LogP) is 4.21. The minimum Gasteiger partial charge on any atom is -0.469 e. The van der Waals surface area contributed by atoms with E-state index in [4.69, 9.17) is 5.26 Å². The minimum atomic E-state index is -0.174. The zero-order chi connectivity index (χ0) is 16.9. The van der Waals surface area contributed by atoms with Crippen molar-refractivity contribution >= 4 is 29.4 Å². The highest BCUT2D eigenvalue weighted by atomic mass is 32.2. The fraction of sp³-hybridized carbons (Fsp3) is 0.500. The highest BCUT2D eigenvalue weighted by Crippen LogP contribution is 2.44. The Balaban J connectivity index is 2.07. The summed E-state index contributed by atoms with van der Waals surface area (Å²) in [6.07, 6.45) is 3.04. The molecule has 0 saturated carbocycles. The first-order valence-corrected chi connectivity index (χ1v) is 8.17. The fourth-order valence-corrected chi connectivity index (χ4v) is 3.22. The second-order valence-corrected chi connectivity index (χ2v) is 6.49. The van der Waals surface area contributed by atoms with Gasteiger partial charge in [0.1, 0.15) is 0 Å². The number of fused-ring (bicyclic) bond motifs is 1. The molecule has 0 spiro atoms. The summed E-state index contributed by atoms with van der Waals surface area (Å²) < 4.78 is 9.16. The SMILES string of the molecule is COC(=O)CCCCC1(C)C(C)=Nc2ccc(SOOO)cc21. The Labute approximate surface area is 139 Å². The van der Waals surface area contributed by atoms with E-state index in [9.17, 15) is 4.79 Å². The fourth-order valence-electron chi connectivity index (χ4n) is 2.83. The summed E-state index contributed by atoms with van der Waals surface area (Å²) in [6.45, 7) is 4.19. The molecular formula is C16H21NO5S. The normalized spacial score (nSPS) is 19.4. The van der Waals surface area contributed by atoms with Gasteiger partial charge in [-0.25, -0.2) is 5.26 Å². The number of carbonyl (C=O) groups is 1. The van der Waals surface area contributed by atoms with Gasteiger partial charge in [0.05, 0.1) is 24.8 Å². The molecule has 0 bridgehead atoms. The van der Waals surface area contributed by atoms with Crippen LogP contribution >= 0.6 is 12.0 Å². The first-order valence-electron chi connectivity index (χ1n) is 7.43. The second kappa shape index (κ2) is 7.92. The third-order valence-corrected chi connectivity index (χ3v) is 4.92. The highest BCUT2D eigenvalue weighted by Gasteiger charge is 2.36. The van der Waals surface area contributed by atoms with Crippen molar-refractivity contribution in [3.05, 3.63) is 23.8 Å². The summed E-state index contributed by atoms with van der Waals surface area (Å²) in [7, 11) is 1.41. The number of unbranched alkanes of at least 4 members (excludes halogenated alkanes) is 1. The summed E-state index contributed by atoms with van der Waals surface area (Å²) >= 11 is 0.939. The quantitative estimate of drug-likeness (QED) is 0.251. The maximum absolute atomic E-state index is 11.2. The smallest absolute Gasteiger partial charge is 0.305 e. The summed E-state index contributed by atoms with van der Waals surface area (Å²) in [4.78, 5) is 16.7. The van der Waals surface area contributed by atoms with Crippen LogP contribution in [-0.2, 0) is 24.3 Å². The Bertz CT molecular complexity index is 604. The van der Waals surface area contributed by atoms with E-state index in [2.05, 4.69) is 26.0 Å². The molecule has 0 radical (unpaired) electrons. The molecule has 1 unspecified atom stereocenters. The molecule has 0 aliphatic carbocycles. The Hall–Kier alpha value is -1.41. The van der Waals surface area contributed by atoms with E-state index in [0.717, 1.165) is 53.2 Å². The number of carbonyl (C=O) groups excluding carboxylic acids is 1. The lowest BCUT2D eigenvalue weighted by atomic mass is 9.76. The van der Waals surface area contributed by atoms with Crippen molar-refractivity contribution in [2.24, 2.45) is 4.99 Å². The van der Waals surface area contributed by atoms with Crippen LogP contribution in [0.3, 0.4) is 0 Å². The molecule has 1 aromatic rings. The van der Waals surface area contributed by atoms with Gasteiger partial charge in [0, 0.05) is 22.4 Å². The molecule has 6 nitrogen and oxygen atoms in total. The van der Waals surface area contributed by atoms with Crippen molar-refractivity contribution in [1.82, 2.24) is 0 Å². The molecule has 0 aromatic heterocycles. The molecule has 1 aromatic carbocycles. The van der Waals surface area contributed by atoms with Crippen LogP contribution in [0, 0.1) is 0 Å². The molecular weight excluding hydrogens is 318 g/mol. The lowest BCUT2D eigenvalue weighted by Crippen LogP contribution is -2.27. The number of benzene rings is 1. The van der Waals surface area contributed by atoms with Gasteiger partial charge < -0.3 is 4.74 Å². The van der Waals surface area contributed by atoms with Gasteiger partial charge in [-0.2, -0.15) is 0 Å². The van der Waals surface area contributed by atoms with Crippen molar-refractivity contribution < 1.29 is 24.2 Å². The molecule has 1 N–H and O–H groups in total. The van der Waals surface area contributed by atoms with E-state index in [0.29, 0.717) is 6.42 Å².